The number of aryl methyl sites for hydroxylation is 1. The van der Waals surface area contributed by atoms with Gasteiger partial charge in [0.15, 0.2) is 0 Å². The number of aromatic nitrogens is 2. The van der Waals surface area contributed by atoms with Crippen molar-refractivity contribution in [1.29, 1.82) is 0 Å². The molecule has 0 radical (unpaired) electrons. The summed E-state index contributed by atoms with van der Waals surface area (Å²) in [4.78, 5) is 20.3. The highest BCUT2D eigenvalue weighted by molar-refractivity contribution is 7.89. The molecule has 1 saturated heterocycles. The Labute approximate surface area is 157 Å². The van der Waals surface area contributed by atoms with Crippen LogP contribution in [0, 0.1) is 6.92 Å². The number of rotatable bonds is 4. The van der Waals surface area contributed by atoms with Gasteiger partial charge in [-0.1, -0.05) is 29.8 Å². The molecule has 0 saturated carbocycles. The molecule has 2 aromatic carbocycles. The molecule has 0 spiro atoms. The van der Waals surface area contributed by atoms with Crippen LogP contribution in [0.1, 0.15) is 18.4 Å². The second-order valence-corrected chi connectivity index (χ2v) is 8.57. The molecular weight excluding hydrogens is 364 g/mol. The van der Waals surface area contributed by atoms with Gasteiger partial charge < -0.3 is 4.98 Å². The lowest BCUT2D eigenvalue weighted by atomic mass is 10.2. The number of hydrogen-bond acceptors (Lipinski definition) is 4. The predicted octanol–water partition coefficient (Wildman–Crippen LogP) is 2.66. The Bertz CT molecular complexity index is 1060. The largest absolute Gasteiger partial charge is 0.324 e. The molecule has 2 N–H and O–H groups in total. The number of fused-ring (bicyclic) bond motifs is 1. The van der Waals surface area contributed by atoms with Gasteiger partial charge in [0, 0.05) is 6.54 Å². The first-order chi connectivity index (χ1) is 12.9. The van der Waals surface area contributed by atoms with Gasteiger partial charge in [0.25, 0.3) is 0 Å². The van der Waals surface area contributed by atoms with Gasteiger partial charge in [-0.3, -0.25) is 10.1 Å². The molecule has 1 aliphatic rings. The first-order valence-corrected chi connectivity index (χ1v) is 10.2. The van der Waals surface area contributed by atoms with Gasteiger partial charge in [0.2, 0.25) is 21.9 Å². The van der Waals surface area contributed by atoms with Gasteiger partial charge in [-0.05, 0) is 44.0 Å². The molecule has 1 aliphatic heterocycles. The second kappa shape index (κ2) is 6.79. The molecule has 140 valence electrons. The van der Waals surface area contributed by atoms with Gasteiger partial charge in [-0.25, -0.2) is 13.4 Å². The molecular formula is C19H20N4O3S. The fourth-order valence-electron chi connectivity index (χ4n) is 3.35. The van der Waals surface area contributed by atoms with Gasteiger partial charge in [-0.15, -0.1) is 0 Å². The summed E-state index contributed by atoms with van der Waals surface area (Å²) in [6.07, 6.45) is 1.13. The molecule has 8 heteroatoms. The normalized spacial score (nSPS) is 18.0. The van der Waals surface area contributed by atoms with Gasteiger partial charge in [0.05, 0.1) is 15.9 Å². The SMILES string of the molecule is Cc1ccc(S(=O)(=O)N2CCCC2C(=O)Nc2nc3ccccc3[nH]2)cc1. The standard InChI is InChI=1S/C19H20N4O3S/c1-13-8-10-14(11-9-13)27(25,26)23-12-4-7-17(23)18(24)22-19-20-15-5-2-3-6-16(15)21-19/h2-3,5-6,8-11,17H,4,7,12H2,1H3,(H2,20,21,22,24). The van der Waals surface area contributed by atoms with E-state index in [1.165, 1.54) is 4.31 Å². The number of amides is 1. The van der Waals surface area contributed by atoms with Crippen molar-refractivity contribution in [3.8, 4) is 0 Å². The second-order valence-electron chi connectivity index (χ2n) is 6.68. The van der Waals surface area contributed by atoms with E-state index in [2.05, 4.69) is 15.3 Å². The summed E-state index contributed by atoms with van der Waals surface area (Å²) >= 11 is 0. The first-order valence-electron chi connectivity index (χ1n) is 8.79. The summed E-state index contributed by atoms with van der Waals surface area (Å²) in [5, 5.41) is 2.72. The van der Waals surface area contributed by atoms with E-state index in [-0.39, 0.29) is 10.8 Å². The molecule has 1 atom stereocenters. The molecule has 0 bridgehead atoms. The number of H-pyrrole nitrogens is 1. The molecule has 1 aromatic heterocycles. The van der Waals surface area contributed by atoms with Crippen LogP contribution in [-0.2, 0) is 14.8 Å². The number of benzene rings is 2. The molecule has 4 rings (SSSR count). The van der Waals surface area contributed by atoms with E-state index in [0.717, 1.165) is 16.6 Å². The van der Waals surface area contributed by atoms with Crippen LogP contribution in [-0.4, -0.2) is 41.2 Å². The predicted molar refractivity (Wildman–Crippen MR) is 103 cm³/mol. The van der Waals surface area contributed by atoms with Crippen LogP contribution in [0.2, 0.25) is 0 Å². The Kier molecular flexibility index (Phi) is 4.45. The summed E-state index contributed by atoms with van der Waals surface area (Å²) in [6.45, 7) is 2.23. The van der Waals surface area contributed by atoms with E-state index < -0.39 is 16.1 Å². The van der Waals surface area contributed by atoms with Crippen molar-refractivity contribution in [2.24, 2.45) is 0 Å². The zero-order valence-electron chi connectivity index (χ0n) is 14.8. The average molecular weight is 384 g/mol. The van der Waals surface area contributed by atoms with Crippen molar-refractivity contribution in [3.63, 3.8) is 0 Å². The van der Waals surface area contributed by atoms with Crippen LogP contribution < -0.4 is 5.32 Å². The molecule has 2 heterocycles. The third-order valence-electron chi connectivity index (χ3n) is 4.76. The summed E-state index contributed by atoms with van der Waals surface area (Å²) in [7, 11) is -3.72. The van der Waals surface area contributed by atoms with Crippen molar-refractivity contribution >= 4 is 32.9 Å². The van der Waals surface area contributed by atoms with E-state index >= 15 is 0 Å². The number of anilines is 1. The molecule has 27 heavy (non-hydrogen) atoms. The minimum atomic E-state index is -3.72. The topological polar surface area (TPSA) is 95.2 Å². The number of imidazole rings is 1. The lowest BCUT2D eigenvalue weighted by Crippen LogP contribution is -2.43. The number of carbonyl (C=O) groups is 1. The van der Waals surface area contributed by atoms with Crippen LogP contribution in [0.5, 0.6) is 0 Å². The lowest BCUT2D eigenvalue weighted by molar-refractivity contribution is -0.119. The highest BCUT2D eigenvalue weighted by Crippen LogP contribution is 2.27. The Morgan fingerprint density at radius 1 is 1.19 bits per heavy atom. The maximum atomic E-state index is 13.0. The quantitative estimate of drug-likeness (QED) is 0.723. The van der Waals surface area contributed by atoms with Crippen molar-refractivity contribution in [1.82, 2.24) is 14.3 Å². The van der Waals surface area contributed by atoms with Crippen molar-refractivity contribution in [2.75, 3.05) is 11.9 Å². The van der Waals surface area contributed by atoms with Crippen LogP contribution >= 0.6 is 0 Å². The van der Waals surface area contributed by atoms with Gasteiger partial charge in [-0.2, -0.15) is 4.31 Å². The number of hydrogen-bond donors (Lipinski definition) is 2. The molecule has 1 fully saturated rings. The summed E-state index contributed by atoms with van der Waals surface area (Å²) in [5.74, 6) is -0.0528. The zero-order chi connectivity index (χ0) is 19.0. The molecule has 1 amide bonds. The van der Waals surface area contributed by atoms with Crippen LogP contribution in [0.3, 0.4) is 0 Å². The van der Waals surface area contributed by atoms with E-state index in [0.29, 0.717) is 25.3 Å². The number of aromatic amines is 1. The van der Waals surface area contributed by atoms with Gasteiger partial charge >= 0.3 is 0 Å². The van der Waals surface area contributed by atoms with Crippen LogP contribution in [0.4, 0.5) is 5.95 Å². The third-order valence-corrected chi connectivity index (χ3v) is 6.69. The summed E-state index contributed by atoms with van der Waals surface area (Å²) in [6, 6.07) is 13.4. The minimum absolute atomic E-state index is 0.205. The van der Waals surface area contributed by atoms with E-state index in [4.69, 9.17) is 0 Å². The number of carbonyl (C=O) groups excluding carboxylic acids is 1. The highest BCUT2D eigenvalue weighted by atomic mass is 32.2. The fraction of sp³-hybridized carbons (Fsp3) is 0.263. The van der Waals surface area contributed by atoms with Gasteiger partial charge in [0.1, 0.15) is 6.04 Å². The number of nitrogens with zero attached hydrogens (tertiary/aromatic N) is 2. The molecule has 0 aliphatic carbocycles. The maximum Gasteiger partial charge on any atom is 0.245 e. The Morgan fingerprint density at radius 2 is 1.93 bits per heavy atom. The number of sulfonamides is 1. The third kappa shape index (κ3) is 3.33. The van der Waals surface area contributed by atoms with E-state index in [1.54, 1.807) is 24.3 Å². The maximum absolute atomic E-state index is 13.0. The Balaban J connectivity index is 1.56. The van der Waals surface area contributed by atoms with Crippen LogP contribution in [0.25, 0.3) is 11.0 Å². The van der Waals surface area contributed by atoms with Crippen molar-refractivity contribution < 1.29 is 13.2 Å². The Hall–Kier alpha value is -2.71. The zero-order valence-corrected chi connectivity index (χ0v) is 15.7. The first kappa shape index (κ1) is 17.7. The van der Waals surface area contributed by atoms with E-state index in [1.807, 2.05) is 31.2 Å². The minimum Gasteiger partial charge on any atom is -0.324 e. The number of nitrogens with one attached hydrogen (secondary N) is 2. The Morgan fingerprint density at radius 3 is 2.67 bits per heavy atom. The van der Waals surface area contributed by atoms with E-state index in [9.17, 15) is 13.2 Å². The van der Waals surface area contributed by atoms with Crippen molar-refractivity contribution in [2.45, 2.75) is 30.7 Å². The molecule has 7 nitrogen and oxygen atoms in total. The summed E-state index contributed by atoms with van der Waals surface area (Å²) < 4.78 is 27.2. The molecule has 3 aromatic rings. The summed E-state index contributed by atoms with van der Waals surface area (Å²) in [5.41, 5.74) is 2.53. The fourth-order valence-corrected chi connectivity index (χ4v) is 5.00. The molecule has 1 unspecified atom stereocenters. The average Bonchev–Trinajstić information content (AvgIpc) is 3.29. The number of para-hydroxylation sites is 2. The smallest absolute Gasteiger partial charge is 0.245 e. The van der Waals surface area contributed by atoms with Crippen molar-refractivity contribution in [3.05, 3.63) is 54.1 Å². The van der Waals surface area contributed by atoms with Crippen LogP contribution in [0.15, 0.2) is 53.4 Å². The lowest BCUT2D eigenvalue weighted by Gasteiger charge is -2.23. The highest BCUT2D eigenvalue weighted by Gasteiger charge is 2.39. The monoisotopic (exact) mass is 384 g/mol.